The summed E-state index contributed by atoms with van der Waals surface area (Å²) >= 11 is 6.88. The van der Waals surface area contributed by atoms with Crippen LogP contribution in [0.25, 0.3) is 0 Å². The van der Waals surface area contributed by atoms with Gasteiger partial charge in [0.1, 0.15) is 11.0 Å². The lowest BCUT2D eigenvalue weighted by Crippen LogP contribution is -2.24. The van der Waals surface area contributed by atoms with E-state index in [0.29, 0.717) is 15.6 Å². The lowest BCUT2D eigenvalue weighted by atomic mass is 10.3. The van der Waals surface area contributed by atoms with Crippen LogP contribution in [0.1, 0.15) is 5.56 Å². The fourth-order valence-corrected chi connectivity index (χ4v) is 2.13. The monoisotopic (exact) mass is 322 g/mol. The largest absolute Gasteiger partial charge is 0.494 e. The molecule has 0 bridgehead atoms. The minimum Gasteiger partial charge on any atom is -0.494 e. The molecule has 0 fully saturated rings. The third-order valence-electron chi connectivity index (χ3n) is 2.37. The number of halogens is 1. The van der Waals surface area contributed by atoms with Crippen LogP contribution in [0.5, 0.6) is 5.88 Å². The number of aromatic nitrogens is 2. The smallest absolute Gasteiger partial charge is 0.328 e. The Morgan fingerprint density at radius 2 is 2.14 bits per heavy atom. The van der Waals surface area contributed by atoms with Gasteiger partial charge in [0.05, 0.1) is 10.7 Å². The summed E-state index contributed by atoms with van der Waals surface area (Å²) in [6.45, 7) is 0. The van der Waals surface area contributed by atoms with Gasteiger partial charge in [0.15, 0.2) is 0 Å². The first kappa shape index (κ1) is 14.9. The molecule has 1 heterocycles. The number of hydrogen-bond acceptors (Lipinski definition) is 6. The highest BCUT2D eigenvalue weighted by atomic mass is 35.5. The second-order valence-electron chi connectivity index (χ2n) is 3.74. The van der Waals surface area contributed by atoms with E-state index in [0.717, 1.165) is 18.0 Å². The molecule has 0 saturated carbocycles. The van der Waals surface area contributed by atoms with Gasteiger partial charge in [-0.05, 0) is 30.0 Å². The number of hydrogen-bond donors (Lipinski definition) is 3. The van der Waals surface area contributed by atoms with Crippen molar-refractivity contribution in [3.63, 3.8) is 0 Å². The summed E-state index contributed by atoms with van der Waals surface area (Å²) in [5.74, 6) is -0.574. The first-order valence-corrected chi connectivity index (χ1v) is 6.66. The van der Waals surface area contributed by atoms with Gasteiger partial charge in [0, 0.05) is 11.1 Å². The Labute approximate surface area is 126 Å². The number of thioether (sulfide) groups is 1. The zero-order chi connectivity index (χ0) is 15.4. The van der Waals surface area contributed by atoms with E-state index in [1.807, 2.05) is 15.4 Å². The van der Waals surface area contributed by atoms with Crippen LogP contribution in [-0.2, 0) is 0 Å². The normalized spacial score (nSPS) is 10.7. The van der Waals surface area contributed by atoms with Gasteiger partial charge in [-0.3, -0.25) is 19.8 Å². The van der Waals surface area contributed by atoms with Crippen molar-refractivity contribution in [2.45, 2.75) is 4.90 Å². The second-order valence-corrected chi connectivity index (χ2v) is 4.97. The highest BCUT2D eigenvalue weighted by molar-refractivity contribution is 8.03. The molecule has 21 heavy (non-hydrogen) atoms. The summed E-state index contributed by atoms with van der Waals surface area (Å²) in [6, 6.07) is 4.72. The van der Waals surface area contributed by atoms with Crippen molar-refractivity contribution in [3.8, 4) is 11.3 Å². The van der Waals surface area contributed by atoms with Crippen LogP contribution in [0, 0.1) is 10.7 Å². The zero-order valence-electron chi connectivity index (χ0n) is 10.3. The van der Waals surface area contributed by atoms with E-state index in [-0.39, 0.29) is 5.56 Å². The van der Waals surface area contributed by atoms with Crippen LogP contribution in [-0.4, -0.2) is 21.3 Å². The van der Waals surface area contributed by atoms with Crippen LogP contribution >= 0.6 is 23.4 Å². The maximum absolute atomic E-state index is 11.5. The third kappa shape index (κ3) is 3.53. The quantitative estimate of drug-likeness (QED) is 0.451. The summed E-state index contributed by atoms with van der Waals surface area (Å²) in [4.78, 5) is 31.0. The van der Waals surface area contributed by atoms with Crippen molar-refractivity contribution >= 4 is 35.3 Å². The molecule has 2 aromatic rings. The molecule has 0 aliphatic heterocycles. The van der Waals surface area contributed by atoms with Crippen LogP contribution in [0.4, 0.5) is 5.69 Å². The van der Waals surface area contributed by atoms with Crippen molar-refractivity contribution in [1.29, 1.82) is 5.26 Å². The summed E-state index contributed by atoms with van der Waals surface area (Å²) in [6.07, 6.45) is 1.10. The highest BCUT2D eigenvalue weighted by Gasteiger charge is 2.06. The van der Waals surface area contributed by atoms with Gasteiger partial charge >= 0.3 is 5.69 Å². The molecule has 9 heteroatoms. The number of aliphatic imine (C=N–C) groups is 1. The third-order valence-corrected chi connectivity index (χ3v) is 3.46. The molecule has 106 valence electrons. The second kappa shape index (κ2) is 6.30. The molecular weight excluding hydrogens is 316 g/mol. The lowest BCUT2D eigenvalue weighted by molar-refractivity contribution is 0.447. The first-order chi connectivity index (χ1) is 10.0. The van der Waals surface area contributed by atoms with Crippen molar-refractivity contribution in [2.75, 3.05) is 0 Å². The van der Waals surface area contributed by atoms with Crippen molar-refractivity contribution in [1.82, 2.24) is 9.97 Å². The highest BCUT2D eigenvalue weighted by Crippen LogP contribution is 2.30. The van der Waals surface area contributed by atoms with Gasteiger partial charge < -0.3 is 5.11 Å². The molecule has 0 atom stereocenters. The van der Waals surface area contributed by atoms with Crippen LogP contribution < -0.4 is 11.2 Å². The molecule has 0 amide bonds. The SMILES string of the molecule is N#CSc1ccc(N=Cc2c(O)[nH]c(=O)[nH]c2=O)cc1Cl. The van der Waals surface area contributed by atoms with Crippen LogP contribution in [0.15, 0.2) is 37.7 Å². The van der Waals surface area contributed by atoms with E-state index in [1.54, 1.807) is 12.1 Å². The maximum atomic E-state index is 11.5. The molecule has 0 spiro atoms. The Balaban J connectivity index is 2.35. The zero-order valence-corrected chi connectivity index (χ0v) is 11.8. The van der Waals surface area contributed by atoms with Crippen molar-refractivity contribution in [3.05, 3.63) is 49.6 Å². The van der Waals surface area contributed by atoms with Gasteiger partial charge in [0.25, 0.3) is 5.56 Å². The van der Waals surface area contributed by atoms with E-state index < -0.39 is 17.1 Å². The summed E-state index contributed by atoms with van der Waals surface area (Å²) in [5, 5.41) is 20.3. The van der Waals surface area contributed by atoms with E-state index in [1.165, 1.54) is 6.07 Å². The van der Waals surface area contributed by atoms with Crippen molar-refractivity contribution < 1.29 is 5.11 Å². The number of thiocyanates is 1. The minimum atomic E-state index is -0.810. The molecule has 0 unspecified atom stereocenters. The molecular formula is C12H7ClN4O3S. The predicted octanol–water partition coefficient (Wildman–Crippen LogP) is 1.75. The average molecular weight is 323 g/mol. The van der Waals surface area contributed by atoms with Crippen LogP contribution in [0.3, 0.4) is 0 Å². The van der Waals surface area contributed by atoms with E-state index in [4.69, 9.17) is 16.9 Å². The number of rotatable bonds is 3. The molecule has 0 saturated heterocycles. The number of nitriles is 1. The number of benzene rings is 1. The fourth-order valence-electron chi connectivity index (χ4n) is 1.44. The maximum Gasteiger partial charge on any atom is 0.328 e. The number of nitrogens with one attached hydrogen (secondary N) is 2. The van der Waals surface area contributed by atoms with Gasteiger partial charge in [-0.1, -0.05) is 11.6 Å². The molecule has 1 aromatic heterocycles. The average Bonchev–Trinajstić information content (AvgIpc) is 2.40. The number of nitrogens with zero attached hydrogens (tertiary/aromatic N) is 2. The molecule has 3 N–H and O–H groups in total. The summed E-state index contributed by atoms with van der Waals surface area (Å²) in [5.41, 5.74) is -1.33. The molecule has 1 aromatic carbocycles. The fraction of sp³-hybridized carbons (Fsp3) is 0. The topological polar surface area (TPSA) is 122 Å². The molecule has 2 rings (SSSR count). The van der Waals surface area contributed by atoms with Gasteiger partial charge in [-0.2, -0.15) is 5.26 Å². The lowest BCUT2D eigenvalue weighted by Gasteiger charge is -2.00. The standard InChI is InChI=1S/C12H7ClN4O3S/c13-8-3-6(1-2-9(8)21-5-14)15-4-7-10(18)16-12(20)17-11(7)19/h1-4H,(H3,16,17,18,19,20). The Morgan fingerprint density at radius 1 is 1.38 bits per heavy atom. The summed E-state index contributed by atoms with van der Waals surface area (Å²) in [7, 11) is 0. The van der Waals surface area contributed by atoms with Crippen molar-refractivity contribution in [2.24, 2.45) is 4.99 Å². The first-order valence-electron chi connectivity index (χ1n) is 5.46. The molecule has 0 radical (unpaired) electrons. The van der Waals surface area contributed by atoms with E-state index in [9.17, 15) is 14.7 Å². The Kier molecular flexibility index (Phi) is 4.47. The van der Waals surface area contributed by atoms with Gasteiger partial charge in [-0.25, -0.2) is 4.79 Å². The Morgan fingerprint density at radius 3 is 2.76 bits per heavy atom. The van der Waals surface area contributed by atoms with Gasteiger partial charge in [-0.15, -0.1) is 0 Å². The minimum absolute atomic E-state index is 0.179. The molecule has 7 nitrogen and oxygen atoms in total. The predicted molar refractivity (Wildman–Crippen MR) is 79.5 cm³/mol. The number of aromatic hydroxyl groups is 1. The summed E-state index contributed by atoms with van der Waals surface area (Å²) < 4.78 is 0. The Hall–Kier alpha value is -2.50. The van der Waals surface area contributed by atoms with E-state index in [2.05, 4.69) is 4.99 Å². The number of aromatic amines is 2. The Bertz CT molecular complexity index is 866. The van der Waals surface area contributed by atoms with Crippen LogP contribution in [0.2, 0.25) is 5.02 Å². The van der Waals surface area contributed by atoms with E-state index >= 15 is 0 Å². The molecule has 0 aliphatic rings. The number of H-pyrrole nitrogens is 2. The van der Waals surface area contributed by atoms with Gasteiger partial charge in [0.2, 0.25) is 5.88 Å². The molecule has 0 aliphatic carbocycles.